The number of rotatable bonds is 5. The third-order valence-electron chi connectivity index (χ3n) is 7.81. The van der Waals surface area contributed by atoms with E-state index in [2.05, 4.69) is 17.6 Å². The van der Waals surface area contributed by atoms with Crippen molar-refractivity contribution in [2.45, 2.75) is 159 Å². The second kappa shape index (κ2) is 14.1. The van der Waals surface area contributed by atoms with Gasteiger partial charge in [-0.15, -0.1) is 0 Å². The van der Waals surface area contributed by atoms with Crippen molar-refractivity contribution in [2.75, 3.05) is 0 Å². The molecule has 161 valence electrons. The summed E-state index contributed by atoms with van der Waals surface area (Å²) in [7, 11) is 2.53. The van der Waals surface area contributed by atoms with Crippen LogP contribution in [0.2, 0.25) is 0 Å². The van der Waals surface area contributed by atoms with Crippen molar-refractivity contribution in [2.24, 2.45) is 0 Å². The summed E-state index contributed by atoms with van der Waals surface area (Å²) >= 11 is 0. The fourth-order valence-corrected chi connectivity index (χ4v) is 5.97. The Hall–Kier alpha value is -0.0151. The molecule has 3 aliphatic carbocycles. The van der Waals surface area contributed by atoms with Crippen molar-refractivity contribution < 1.29 is 0 Å². The van der Waals surface area contributed by atoms with Gasteiger partial charge >= 0.3 is 7.55 Å². The number of hydrogen-bond donors (Lipinski definition) is 1. The molecular weight excluding hydrogens is 339 g/mol. The molecule has 0 aromatic heterocycles. The average Bonchev–Trinajstić information content (AvgIpc) is 2.78. The van der Waals surface area contributed by atoms with E-state index in [4.69, 9.17) is 0 Å². The quantitative estimate of drug-likeness (QED) is 0.504. The highest BCUT2D eigenvalue weighted by molar-refractivity contribution is 6.29. The SMILES string of the molecule is [B](NC1CCCCCCCC1)N(C1CCCCCCC1)C1CCCCCCC1. The second-order valence-electron chi connectivity index (χ2n) is 10.1. The van der Waals surface area contributed by atoms with E-state index >= 15 is 0 Å². The highest BCUT2D eigenvalue weighted by Gasteiger charge is 2.28. The molecule has 3 fully saturated rings. The number of nitrogens with zero attached hydrogens (tertiary/aromatic N) is 1. The van der Waals surface area contributed by atoms with Crippen molar-refractivity contribution in [1.29, 1.82) is 0 Å². The summed E-state index contributed by atoms with van der Waals surface area (Å²) in [5.41, 5.74) is 0. The molecule has 3 aliphatic rings. The van der Waals surface area contributed by atoms with E-state index in [9.17, 15) is 0 Å². The van der Waals surface area contributed by atoms with Gasteiger partial charge in [-0.1, -0.05) is 103 Å². The first-order chi connectivity index (χ1) is 13.9. The van der Waals surface area contributed by atoms with Crippen molar-refractivity contribution in [3.8, 4) is 0 Å². The maximum absolute atomic E-state index is 3.98. The van der Waals surface area contributed by atoms with E-state index in [1.165, 1.54) is 141 Å². The summed E-state index contributed by atoms with van der Waals surface area (Å²) in [6, 6.07) is 2.32. The molecule has 3 saturated carbocycles. The first-order valence-corrected chi connectivity index (χ1v) is 13.3. The van der Waals surface area contributed by atoms with Crippen LogP contribution in [-0.4, -0.2) is 30.5 Å². The predicted octanol–water partition coefficient (Wildman–Crippen LogP) is 7.14. The summed E-state index contributed by atoms with van der Waals surface area (Å²) in [5.74, 6) is 0. The minimum absolute atomic E-state index is 0.725. The molecule has 28 heavy (non-hydrogen) atoms. The molecular formula is C25H48BN2. The molecule has 0 saturated heterocycles. The van der Waals surface area contributed by atoms with Crippen LogP contribution < -0.4 is 5.23 Å². The molecule has 3 rings (SSSR count). The number of hydrogen-bond acceptors (Lipinski definition) is 2. The van der Waals surface area contributed by atoms with Gasteiger partial charge in [0.25, 0.3) is 0 Å². The van der Waals surface area contributed by atoms with E-state index in [0.717, 1.165) is 18.1 Å². The summed E-state index contributed by atoms with van der Waals surface area (Å²) in [6.45, 7) is 0. The Balaban J connectivity index is 1.59. The van der Waals surface area contributed by atoms with Crippen molar-refractivity contribution in [3.05, 3.63) is 0 Å². The van der Waals surface area contributed by atoms with Crippen molar-refractivity contribution >= 4 is 7.55 Å². The van der Waals surface area contributed by atoms with Crippen molar-refractivity contribution in [1.82, 2.24) is 10.0 Å². The van der Waals surface area contributed by atoms with E-state index in [1.807, 2.05) is 0 Å². The first kappa shape index (κ1) is 22.7. The monoisotopic (exact) mass is 387 g/mol. The minimum Gasteiger partial charge on any atom is -0.343 e. The van der Waals surface area contributed by atoms with Crippen LogP contribution in [0.15, 0.2) is 0 Å². The van der Waals surface area contributed by atoms with Crippen LogP contribution in [0.5, 0.6) is 0 Å². The minimum atomic E-state index is 0.725. The molecule has 0 heterocycles. The van der Waals surface area contributed by atoms with E-state index in [0.29, 0.717) is 0 Å². The van der Waals surface area contributed by atoms with E-state index in [-0.39, 0.29) is 0 Å². The molecule has 0 aromatic rings. The Bertz CT molecular complexity index is 341. The lowest BCUT2D eigenvalue weighted by molar-refractivity contribution is 0.183. The molecule has 0 atom stereocenters. The van der Waals surface area contributed by atoms with Crippen LogP contribution in [0.1, 0.15) is 141 Å². The van der Waals surface area contributed by atoms with Crippen molar-refractivity contribution in [3.63, 3.8) is 0 Å². The van der Waals surface area contributed by atoms with E-state index < -0.39 is 0 Å². The Morgan fingerprint density at radius 2 is 0.750 bits per heavy atom. The van der Waals surface area contributed by atoms with Gasteiger partial charge in [0.15, 0.2) is 0 Å². The topological polar surface area (TPSA) is 15.3 Å². The average molecular weight is 387 g/mol. The Morgan fingerprint density at radius 1 is 0.429 bits per heavy atom. The smallest absolute Gasteiger partial charge is 0.310 e. The second-order valence-corrected chi connectivity index (χ2v) is 10.1. The maximum atomic E-state index is 3.98. The lowest BCUT2D eigenvalue weighted by atomic mass is 9.85. The van der Waals surface area contributed by atoms with Gasteiger partial charge in [-0.25, -0.2) is 0 Å². The van der Waals surface area contributed by atoms with Crippen LogP contribution >= 0.6 is 0 Å². The van der Waals surface area contributed by atoms with Gasteiger partial charge in [0.1, 0.15) is 0 Å². The van der Waals surface area contributed by atoms with Crippen LogP contribution in [0.3, 0.4) is 0 Å². The van der Waals surface area contributed by atoms with Gasteiger partial charge in [0.05, 0.1) is 0 Å². The largest absolute Gasteiger partial charge is 0.343 e. The highest BCUT2D eigenvalue weighted by atomic mass is 15.2. The molecule has 0 spiro atoms. The van der Waals surface area contributed by atoms with Gasteiger partial charge in [-0.2, -0.15) is 0 Å². The van der Waals surface area contributed by atoms with Crippen LogP contribution in [0.4, 0.5) is 0 Å². The maximum Gasteiger partial charge on any atom is 0.310 e. The zero-order valence-corrected chi connectivity index (χ0v) is 18.8. The molecule has 0 unspecified atom stereocenters. The Morgan fingerprint density at radius 3 is 1.14 bits per heavy atom. The highest BCUT2D eigenvalue weighted by Crippen LogP contribution is 2.28. The molecule has 0 aromatic carbocycles. The summed E-state index contributed by atoms with van der Waals surface area (Å²) in [4.78, 5) is 2.88. The third-order valence-corrected chi connectivity index (χ3v) is 7.81. The molecule has 2 nitrogen and oxygen atoms in total. The summed E-state index contributed by atoms with van der Waals surface area (Å²) < 4.78 is 0. The van der Waals surface area contributed by atoms with Gasteiger partial charge in [0, 0.05) is 0 Å². The fraction of sp³-hybridized carbons (Fsp3) is 1.00. The zero-order valence-electron chi connectivity index (χ0n) is 18.8. The molecule has 0 amide bonds. The zero-order chi connectivity index (χ0) is 19.3. The predicted molar refractivity (Wildman–Crippen MR) is 124 cm³/mol. The summed E-state index contributed by atoms with van der Waals surface area (Å²) in [6.07, 6.45) is 31.8. The third kappa shape index (κ3) is 8.38. The Kier molecular flexibility index (Phi) is 11.4. The van der Waals surface area contributed by atoms with Crippen LogP contribution in [-0.2, 0) is 0 Å². The lowest BCUT2D eigenvalue weighted by Gasteiger charge is -2.40. The Labute approximate surface area is 177 Å². The standard InChI is InChI=1S/C25H48BN2/c1-2-6-12-18-23(17-11-5-1)27-26-28(24-19-13-7-3-8-14-20-24)25-21-15-9-4-10-16-22-25/h23-25,27H,1-22H2. The van der Waals surface area contributed by atoms with Crippen LogP contribution in [0.25, 0.3) is 0 Å². The van der Waals surface area contributed by atoms with Gasteiger partial charge in [-0.05, 0) is 56.7 Å². The van der Waals surface area contributed by atoms with Gasteiger partial charge < -0.3 is 10.0 Å². The number of nitrogens with one attached hydrogen (secondary N) is 1. The molecule has 1 radical (unpaired) electrons. The summed E-state index contributed by atoms with van der Waals surface area (Å²) in [5, 5.41) is 3.98. The molecule has 1 N–H and O–H groups in total. The van der Waals surface area contributed by atoms with Gasteiger partial charge in [0.2, 0.25) is 0 Å². The van der Waals surface area contributed by atoms with Crippen LogP contribution in [0, 0.1) is 0 Å². The van der Waals surface area contributed by atoms with E-state index in [1.54, 1.807) is 0 Å². The lowest BCUT2D eigenvalue weighted by Crippen LogP contribution is -2.53. The normalized spacial score (nSPS) is 26.3. The molecule has 3 heteroatoms. The molecule has 0 aliphatic heterocycles. The first-order valence-electron chi connectivity index (χ1n) is 13.3. The molecule has 0 bridgehead atoms. The fourth-order valence-electron chi connectivity index (χ4n) is 5.97. The van der Waals surface area contributed by atoms with Gasteiger partial charge in [-0.3, -0.25) is 0 Å².